The average Bonchev–Trinajstić information content (AvgIpc) is 2.86. The van der Waals surface area contributed by atoms with Gasteiger partial charge in [-0.2, -0.15) is 13.2 Å². The number of alkyl halides is 5. The highest BCUT2D eigenvalue weighted by molar-refractivity contribution is 8.01. The minimum Gasteiger partial charge on any atom is -0.324 e. The second-order valence-electron chi connectivity index (χ2n) is 5.64. The van der Waals surface area contributed by atoms with Crippen molar-refractivity contribution in [2.75, 3.05) is 5.32 Å². The number of rotatable bonds is 4. The number of amides is 1. The maximum Gasteiger partial charge on any atom is 0.402 e. The third kappa shape index (κ3) is 4.87. The molecule has 1 aliphatic heterocycles. The number of carbonyl (C=O) groups excluding carboxylic acids is 1. The van der Waals surface area contributed by atoms with E-state index in [1.54, 1.807) is 0 Å². The zero-order valence-electron chi connectivity index (χ0n) is 12.8. The summed E-state index contributed by atoms with van der Waals surface area (Å²) in [7, 11) is 0. The summed E-state index contributed by atoms with van der Waals surface area (Å²) in [5.41, 5.74) is -1.21. The van der Waals surface area contributed by atoms with E-state index in [4.69, 9.17) is 11.6 Å². The fourth-order valence-corrected chi connectivity index (χ4v) is 4.29. The van der Waals surface area contributed by atoms with Crippen molar-refractivity contribution in [2.45, 2.75) is 48.1 Å². The smallest absolute Gasteiger partial charge is 0.324 e. The highest BCUT2D eigenvalue weighted by Gasteiger charge is 2.52. The minimum absolute atomic E-state index is 0.148. The van der Waals surface area contributed by atoms with Crippen molar-refractivity contribution in [1.29, 1.82) is 0 Å². The lowest BCUT2D eigenvalue weighted by molar-refractivity contribution is -0.128. The van der Waals surface area contributed by atoms with Gasteiger partial charge in [0.15, 0.2) is 5.82 Å². The van der Waals surface area contributed by atoms with Gasteiger partial charge in [0.2, 0.25) is 5.91 Å². The summed E-state index contributed by atoms with van der Waals surface area (Å²) in [6.07, 6.45) is -5.13. The normalized spacial score (nSPS) is 25.0. The summed E-state index contributed by atoms with van der Waals surface area (Å²) >= 11 is 6.05. The van der Waals surface area contributed by atoms with Crippen LogP contribution in [0.4, 0.5) is 27.6 Å². The predicted octanol–water partition coefficient (Wildman–Crippen LogP) is 3.33. The first kappa shape index (κ1) is 20.0. The SMILES string of the molecule is CC(F)Cn1cc(NC(=O)C2CC(Cl)C(C(F)(F)F)S2)cc(F)c1=O. The molecule has 2 heterocycles. The Morgan fingerprint density at radius 1 is 1.52 bits per heavy atom. The average molecular weight is 405 g/mol. The molecule has 0 radical (unpaired) electrons. The lowest BCUT2D eigenvalue weighted by Gasteiger charge is -2.16. The highest BCUT2D eigenvalue weighted by atomic mass is 35.5. The second-order valence-corrected chi connectivity index (χ2v) is 7.55. The fraction of sp³-hybridized carbons (Fsp3) is 0.571. The van der Waals surface area contributed by atoms with Gasteiger partial charge < -0.3 is 9.88 Å². The first-order valence-electron chi connectivity index (χ1n) is 7.20. The highest BCUT2D eigenvalue weighted by Crippen LogP contribution is 2.45. The number of nitrogens with one attached hydrogen (secondary N) is 1. The molecule has 4 atom stereocenters. The second kappa shape index (κ2) is 7.53. The third-order valence-electron chi connectivity index (χ3n) is 3.45. The van der Waals surface area contributed by atoms with E-state index in [2.05, 4.69) is 5.32 Å². The first-order valence-corrected chi connectivity index (χ1v) is 8.58. The molecule has 4 unspecified atom stereocenters. The Kier molecular flexibility index (Phi) is 6.03. The molecule has 1 aliphatic rings. The monoisotopic (exact) mass is 404 g/mol. The van der Waals surface area contributed by atoms with Crippen molar-refractivity contribution in [1.82, 2.24) is 4.57 Å². The molecule has 1 aromatic heterocycles. The van der Waals surface area contributed by atoms with Gasteiger partial charge in [-0.05, 0) is 13.3 Å². The van der Waals surface area contributed by atoms with Crippen LogP contribution in [0.5, 0.6) is 0 Å². The molecule has 1 aromatic rings. The molecular formula is C14H14ClF5N2O2S. The van der Waals surface area contributed by atoms with E-state index < -0.39 is 52.1 Å². The number of halogens is 6. The number of hydrogen-bond acceptors (Lipinski definition) is 3. The summed E-state index contributed by atoms with van der Waals surface area (Å²) in [6.45, 7) is 0.750. The van der Waals surface area contributed by atoms with Crippen LogP contribution in [0.25, 0.3) is 0 Å². The molecule has 25 heavy (non-hydrogen) atoms. The van der Waals surface area contributed by atoms with Crippen LogP contribution in [0.15, 0.2) is 17.1 Å². The topological polar surface area (TPSA) is 51.1 Å². The van der Waals surface area contributed by atoms with Crippen molar-refractivity contribution in [3.63, 3.8) is 0 Å². The Hall–Kier alpha value is -1.29. The van der Waals surface area contributed by atoms with Gasteiger partial charge in [-0.3, -0.25) is 9.59 Å². The molecule has 2 rings (SSSR count). The summed E-state index contributed by atoms with van der Waals surface area (Å²) < 4.78 is 65.8. The zero-order chi connectivity index (χ0) is 18.9. The summed E-state index contributed by atoms with van der Waals surface area (Å²) in [4.78, 5) is 23.7. The zero-order valence-corrected chi connectivity index (χ0v) is 14.4. The minimum atomic E-state index is -4.54. The number of thioether (sulfide) groups is 1. The van der Waals surface area contributed by atoms with Crippen LogP contribution in [-0.2, 0) is 11.3 Å². The van der Waals surface area contributed by atoms with E-state index in [9.17, 15) is 31.5 Å². The molecule has 1 saturated heterocycles. The molecule has 0 bridgehead atoms. The molecule has 1 amide bonds. The van der Waals surface area contributed by atoms with E-state index in [0.29, 0.717) is 11.8 Å². The Labute approximate surface area is 148 Å². The third-order valence-corrected chi connectivity index (χ3v) is 5.66. The van der Waals surface area contributed by atoms with E-state index in [1.807, 2.05) is 0 Å². The largest absolute Gasteiger partial charge is 0.402 e. The van der Waals surface area contributed by atoms with Gasteiger partial charge in [-0.1, -0.05) is 0 Å². The number of nitrogens with zero attached hydrogens (tertiary/aromatic N) is 1. The Morgan fingerprint density at radius 2 is 2.16 bits per heavy atom. The van der Waals surface area contributed by atoms with Crippen LogP contribution >= 0.6 is 23.4 Å². The van der Waals surface area contributed by atoms with Gasteiger partial charge in [0.1, 0.15) is 11.4 Å². The van der Waals surface area contributed by atoms with Crippen LogP contribution in [-0.4, -0.2) is 38.7 Å². The van der Waals surface area contributed by atoms with Gasteiger partial charge in [0.25, 0.3) is 5.56 Å². The quantitative estimate of drug-likeness (QED) is 0.618. The van der Waals surface area contributed by atoms with Crippen molar-refractivity contribution in [3.05, 3.63) is 28.4 Å². The standard InChI is InChI=1S/C14H14ClF5N2O2S/c1-6(16)4-22-5-7(2-9(17)13(22)24)21-12(23)10-3-8(15)11(25-10)14(18,19)20/h2,5-6,8,10-11H,3-4H2,1H3,(H,21,23). The van der Waals surface area contributed by atoms with E-state index in [-0.39, 0.29) is 12.1 Å². The molecule has 140 valence electrons. The van der Waals surface area contributed by atoms with Crippen LogP contribution in [0.2, 0.25) is 0 Å². The molecule has 1 N–H and O–H groups in total. The Balaban J connectivity index is 2.13. The Morgan fingerprint density at radius 3 is 2.68 bits per heavy atom. The molecular weight excluding hydrogens is 391 g/mol. The molecule has 4 nitrogen and oxygen atoms in total. The number of anilines is 1. The maximum absolute atomic E-state index is 13.6. The van der Waals surface area contributed by atoms with Crippen LogP contribution in [0, 0.1) is 5.82 Å². The lowest BCUT2D eigenvalue weighted by Crippen LogP contribution is -2.30. The first-order chi connectivity index (χ1) is 11.5. The van der Waals surface area contributed by atoms with Crippen molar-refractivity contribution in [2.24, 2.45) is 0 Å². The van der Waals surface area contributed by atoms with E-state index >= 15 is 0 Å². The number of hydrogen-bond donors (Lipinski definition) is 1. The van der Waals surface area contributed by atoms with E-state index in [0.717, 1.165) is 16.8 Å². The van der Waals surface area contributed by atoms with Gasteiger partial charge in [-0.25, -0.2) is 8.78 Å². The van der Waals surface area contributed by atoms with Crippen molar-refractivity contribution >= 4 is 35.0 Å². The Bertz CT molecular complexity index is 709. The summed E-state index contributed by atoms with van der Waals surface area (Å²) in [6, 6.07) is 0.735. The van der Waals surface area contributed by atoms with E-state index in [1.165, 1.54) is 6.92 Å². The van der Waals surface area contributed by atoms with Crippen LogP contribution < -0.4 is 10.9 Å². The van der Waals surface area contributed by atoms with Crippen molar-refractivity contribution in [3.8, 4) is 0 Å². The number of aromatic nitrogens is 1. The van der Waals surface area contributed by atoms with Crippen LogP contribution in [0.3, 0.4) is 0 Å². The number of carbonyl (C=O) groups is 1. The summed E-state index contributed by atoms with van der Waals surface area (Å²) in [5.74, 6) is -2.00. The lowest BCUT2D eigenvalue weighted by atomic mass is 10.1. The van der Waals surface area contributed by atoms with Gasteiger partial charge >= 0.3 is 6.18 Å². The van der Waals surface area contributed by atoms with Crippen molar-refractivity contribution < 1.29 is 26.7 Å². The van der Waals surface area contributed by atoms with Gasteiger partial charge in [0.05, 0.1) is 22.9 Å². The van der Waals surface area contributed by atoms with Gasteiger partial charge in [0, 0.05) is 12.3 Å². The number of pyridine rings is 1. The van der Waals surface area contributed by atoms with Crippen LogP contribution in [0.1, 0.15) is 13.3 Å². The maximum atomic E-state index is 13.6. The molecule has 1 fully saturated rings. The molecule has 0 spiro atoms. The molecule has 0 aromatic carbocycles. The molecule has 11 heteroatoms. The van der Waals surface area contributed by atoms with Gasteiger partial charge in [-0.15, -0.1) is 23.4 Å². The fourth-order valence-electron chi connectivity index (χ4n) is 2.39. The molecule has 0 aliphatic carbocycles. The predicted molar refractivity (Wildman–Crippen MR) is 85.3 cm³/mol. The molecule has 0 saturated carbocycles. The summed E-state index contributed by atoms with van der Waals surface area (Å²) in [5, 5.41) is -1.94.